The van der Waals surface area contributed by atoms with E-state index in [0.29, 0.717) is 20.3 Å². The van der Waals surface area contributed by atoms with Crippen LogP contribution < -0.4 is 13.8 Å². The van der Waals surface area contributed by atoms with Gasteiger partial charge >= 0.3 is 225 Å². The molecule has 0 fully saturated rings. The maximum absolute atomic E-state index is 14.2. The summed E-state index contributed by atoms with van der Waals surface area (Å²) < 4.78 is 29.2. The van der Waals surface area contributed by atoms with Crippen LogP contribution in [0.5, 0.6) is 0 Å². The molecule has 0 saturated heterocycles. The molecule has 0 N–H and O–H groups in total. The summed E-state index contributed by atoms with van der Waals surface area (Å²) in [6.07, 6.45) is 1.80. The van der Waals surface area contributed by atoms with E-state index in [9.17, 15) is 7.67 Å². The molecule has 7 rings (SSSR count). The number of hydrogen-bond acceptors (Lipinski definition) is 4. The number of benzene rings is 4. The molecule has 0 amide bonds. The summed E-state index contributed by atoms with van der Waals surface area (Å²) in [6, 6.07) is 36.4. The number of anilines is 3. The van der Waals surface area contributed by atoms with E-state index in [4.69, 9.17) is 4.98 Å². The molecule has 0 bridgehead atoms. The van der Waals surface area contributed by atoms with E-state index in [1.165, 1.54) is 0 Å². The van der Waals surface area contributed by atoms with Gasteiger partial charge < -0.3 is 0 Å². The molecule has 4 nitrogen and oxygen atoms in total. The first-order valence-electron chi connectivity index (χ1n) is 12.8. The fraction of sp³-hybridized carbons (Fsp3) is 0.121. The minimum atomic E-state index is -4.73. The molecule has 4 aromatic carbocycles. The quantitative estimate of drug-likeness (QED) is 0.245. The minimum absolute atomic E-state index is 0.258. The predicted octanol–water partition coefficient (Wildman–Crippen LogP) is 6.10. The number of aromatic nitrogens is 1. The van der Waals surface area contributed by atoms with Gasteiger partial charge in [-0.25, -0.2) is 0 Å². The molecular formula is C33H26N2O2Se. The van der Waals surface area contributed by atoms with Gasteiger partial charge in [-0.05, 0) is 0 Å². The van der Waals surface area contributed by atoms with Crippen molar-refractivity contribution in [1.29, 1.82) is 0 Å². The normalized spacial score (nSPS) is 15.9. The van der Waals surface area contributed by atoms with Crippen molar-refractivity contribution in [2.45, 2.75) is 25.2 Å². The molecule has 2 aliphatic heterocycles. The Morgan fingerprint density at radius 1 is 0.711 bits per heavy atom. The monoisotopic (exact) mass is 562 g/mol. The zero-order valence-corrected chi connectivity index (χ0v) is 22.9. The Hall–Kier alpha value is -4.05. The van der Waals surface area contributed by atoms with Crippen molar-refractivity contribution < 1.29 is 7.67 Å². The van der Waals surface area contributed by atoms with Gasteiger partial charge in [-0.1, -0.05) is 0 Å². The van der Waals surface area contributed by atoms with Crippen molar-refractivity contribution in [3.05, 3.63) is 143 Å². The molecule has 0 radical (unpaired) electrons. The van der Waals surface area contributed by atoms with Gasteiger partial charge in [0.1, 0.15) is 0 Å². The Morgan fingerprint density at radius 3 is 2.03 bits per heavy atom. The van der Waals surface area contributed by atoms with E-state index in [0.717, 1.165) is 33.6 Å². The van der Waals surface area contributed by atoms with Crippen LogP contribution >= 0.6 is 0 Å². The average Bonchev–Trinajstić information content (AvgIpc) is 2.95. The van der Waals surface area contributed by atoms with Crippen molar-refractivity contribution in [1.82, 2.24) is 4.98 Å². The second-order valence-electron chi connectivity index (χ2n) is 10.2. The molecular weight excluding hydrogens is 535 g/mol. The van der Waals surface area contributed by atoms with Crippen LogP contribution in [0.1, 0.15) is 47.6 Å². The van der Waals surface area contributed by atoms with E-state index in [1.54, 1.807) is 18.3 Å². The second kappa shape index (κ2) is 8.22. The summed E-state index contributed by atoms with van der Waals surface area (Å²) in [6.45, 7) is 4.26. The molecule has 0 saturated carbocycles. The third-order valence-corrected chi connectivity index (χ3v) is 11.8. The van der Waals surface area contributed by atoms with E-state index in [1.807, 2.05) is 60.7 Å². The number of fused-ring (bicyclic) bond motifs is 4. The molecule has 0 atom stereocenters. The van der Waals surface area contributed by atoms with Gasteiger partial charge in [0.25, 0.3) is 0 Å². The molecule has 5 heteroatoms. The molecule has 0 spiro atoms. The first kappa shape index (κ1) is 23.1. The number of para-hydroxylation sites is 1. The van der Waals surface area contributed by atoms with Gasteiger partial charge in [-0.2, -0.15) is 0 Å². The van der Waals surface area contributed by atoms with Crippen LogP contribution in [0, 0.1) is 0 Å². The summed E-state index contributed by atoms with van der Waals surface area (Å²) >= 11 is -4.73. The number of rotatable bonds is 3. The summed E-state index contributed by atoms with van der Waals surface area (Å²) in [7, 11) is 0. The Labute approximate surface area is 224 Å². The van der Waals surface area contributed by atoms with Crippen LogP contribution in [0.15, 0.2) is 115 Å². The summed E-state index contributed by atoms with van der Waals surface area (Å²) in [5.41, 5.74) is 5.87. The molecule has 3 heterocycles. The molecule has 0 unspecified atom stereocenters. The summed E-state index contributed by atoms with van der Waals surface area (Å²) in [4.78, 5) is 7.05. The third-order valence-electron chi connectivity index (χ3n) is 7.91. The molecule has 0 aliphatic carbocycles. The van der Waals surface area contributed by atoms with Crippen LogP contribution in [0.25, 0.3) is 0 Å². The van der Waals surface area contributed by atoms with E-state index in [-0.39, 0.29) is 5.92 Å². The first-order valence-corrected chi connectivity index (χ1v) is 16.0. The molecule has 5 aromatic rings. The number of nitrogens with zero attached hydrogens (tertiary/aromatic N) is 2. The average molecular weight is 562 g/mol. The molecule has 1 aromatic heterocycles. The topological polar surface area (TPSA) is 50.3 Å². The standard InChI is InChI=1S/C33H26N2O2Se/c1-22(2)23-18-19-29-28(21-23)35-31-26(15-9-17-30(31)38(29,36)37)33(24-11-5-3-6-12-24,25-13-7-4-8-14-25)27-16-10-20-34-32(27)35/h3-22H,1-2H3. The van der Waals surface area contributed by atoms with Crippen molar-refractivity contribution in [3.63, 3.8) is 0 Å². The zero-order chi connectivity index (χ0) is 26.1. The van der Waals surface area contributed by atoms with Crippen molar-refractivity contribution in [2.75, 3.05) is 4.90 Å². The van der Waals surface area contributed by atoms with Crippen LogP contribution in [-0.2, 0) is 13.1 Å². The van der Waals surface area contributed by atoms with Crippen molar-refractivity contribution in [3.8, 4) is 0 Å². The van der Waals surface area contributed by atoms with Crippen LogP contribution in [0.3, 0.4) is 0 Å². The Balaban J connectivity index is 1.69. The molecule has 186 valence electrons. The summed E-state index contributed by atoms with van der Waals surface area (Å²) in [5.74, 6) is 1.02. The maximum atomic E-state index is 14.2. The SMILES string of the molecule is CC(C)c1ccc2c(c1)N1c3ncccc3C(c3ccccc3)(c3ccccc3)c3cccc(c31)[Se]2(=O)=O. The van der Waals surface area contributed by atoms with Crippen molar-refractivity contribution >= 4 is 38.8 Å². The summed E-state index contributed by atoms with van der Waals surface area (Å²) in [5, 5.41) is 0. The Bertz CT molecular complexity index is 1770. The number of hydrogen-bond donors (Lipinski definition) is 0. The Morgan fingerprint density at radius 2 is 1.37 bits per heavy atom. The van der Waals surface area contributed by atoms with Gasteiger partial charge in [-0.15, -0.1) is 0 Å². The van der Waals surface area contributed by atoms with E-state index >= 15 is 0 Å². The van der Waals surface area contributed by atoms with Crippen molar-refractivity contribution in [2.24, 2.45) is 0 Å². The van der Waals surface area contributed by atoms with Gasteiger partial charge in [-0.3, -0.25) is 0 Å². The van der Waals surface area contributed by atoms with Gasteiger partial charge in [0, 0.05) is 0 Å². The van der Waals surface area contributed by atoms with E-state index in [2.05, 4.69) is 55.1 Å². The Kier molecular flexibility index (Phi) is 5.00. The molecule has 2 aliphatic rings. The van der Waals surface area contributed by atoms with Gasteiger partial charge in [0.2, 0.25) is 0 Å². The van der Waals surface area contributed by atoms with Gasteiger partial charge in [0.15, 0.2) is 0 Å². The van der Waals surface area contributed by atoms with Crippen LogP contribution in [0.2, 0.25) is 0 Å². The first-order chi connectivity index (χ1) is 18.5. The molecule has 38 heavy (non-hydrogen) atoms. The fourth-order valence-corrected chi connectivity index (χ4v) is 9.61. The van der Waals surface area contributed by atoms with Crippen LogP contribution in [-0.4, -0.2) is 17.7 Å². The predicted molar refractivity (Wildman–Crippen MR) is 151 cm³/mol. The third kappa shape index (κ3) is 2.94. The van der Waals surface area contributed by atoms with E-state index < -0.39 is 18.1 Å². The fourth-order valence-electron chi connectivity index (χ4n) is 6.20. The van der Waals surface area contributed by atoms with Gasteiger partial charge in [0.05, 0.1) is 0 Å². The van der Waals surface area contributed by atoms with Crippen LogP contribution in [0.4, 0.5) is 17.2 Å². The number of pyridine rings is 1. The second-order valence-corrected chi connectivity index (χ2v) is 14.2. The zero-order valence-electron chi connectivity index (χ0n) is 21.2.